The SMILES string of the molecule is O=C(Nc1cccc(C(F)(F)F)c1)c1cc(Cl)ccc1OCC(O)CCCC12CC3CC(CC(C3)C1)C2. The maximum atomic E-state index is 13.0. The summed E-state index contributed by atoms with van der Waals surface area (Å²) < 4.78 is 44.9. The Morgan fingerprint density at radius 3 is 2.41 bits per heavy atom. The zero-order valence-corrected chi connectivity index (χ0v) is 21.5. The summed E-state index contributed by atoms with van der Waals surface area (Å²) in [6.07, 6.45) is 5.82. The van der Waals surface area contributed by atoms with Crippen molar-refractivity contribution < 1.29 is 27.8 Å². The standard InChI is InChI=1S/C29H33ClF3NO3/c30-22-6-7-26(25(13-22)27(36)34-23-4-1-3-21(12-23)29(31,32)33)37-17-24(35)5-2-8-28-14-18-9-19(15-28)11-20(10-18)16-28/h1,3-4,6-7,12-13,18-20,24,35H,2,5,8-11,14-17H2,(H,34,36). The first-order valence-corrected chi connectivity index (χ1v) is 13.6. The lowest BCUT2D eigenvalue weighted by atomic mass is 9.48. The third kappa shape index (κ3) is 6.26. The van der Waals surface area contributed by atoms with Gasteiger partial charge in [0, 0.05) is 10.7 Å². The average Bonchev–Trinajstić information content (AvgIpc) is 2.82. The Balaban J connectivity index is 1.15. The number of hydrogen-bond donors (Lipinski definition) is 2. The highest BCUT2D eigenvalue weighted by Crippen LogP contribution is 2.61. The lowest BCUT2D eigenvalue weighted by Gasteiger charge is -2.57. The summed E-state index contributed by atoms with van der Waals surface area (Å²) in [6, 6.07) is 8.92. The Kier molecular flexibility index (Phi) is 7.47. The van der Waals surface area contributed by atoms with Crippen LogP contribution in [0.25, 0.3) is 0 Å². The highest BCUT2D eigenvalue weighted by molar-refractivity contribution is 6.31. The van der Waals surface area contributed by atoms with E-state index in [1.807, 2.05) is 0 Å². The fourth-order valence-electron chi connectivity index (χ4n) is 7.36. The van der Waals surface area contributed by atoms with Crippen LogP contribution in [-0.2, 0) is 6.18 Å². The van der Waals surface area contributed by atoms with Crippen molar-refractivity contribution in [2.75, 3.05) is 11.9 Å². The fourth-order valence-corrected chi connectivity index (χ4v) is 7.53. The van der Waals surface area contributed by atoms with Crippen molar-refractivity contribution in [1.29, 1.82) is 0 Å². The molecule has 37 heavy (non-hydrogen) atoms. The van der Waals surface area contributed by atoms with Crippen LogP contribution in [0.1, 0.15) is 73.7 Å². The van der Waals surface area contributed by atoms with Crippen LogP contribution >= 0.6 is 11.6 Å². The molecule has 8 heteroatoms. The maximum Gasteiger partial charge on any atom is 0.416 e. The summed E-state index contributed by atoms with van der Waals surface area (Å²) in [4.78, 5) is 12.9. The molecule has 1 unspecified atom stereocenters. The third-order valence-corrected chi connectivity index (χ3v) is 8.71. The Bertz CT molecular complexity index is 1100. The Morgan fingerprint density at radius 2 is 1.76 bits per heavy atom. The Hall–Kier alpha value is -2.25. The average molecular weight is 536 g/mol. The molecule has 0 radical (unpaired) electrons. The van der Waals surface area contributed by atoms with Gasteiger partial charge in [0.05, 0.1) is 17.2 Å². The number of alkyl halides is 3. The van der Waals surface area contributed by atoms with E-state index in [2.05, 4.69) is 5.32 Å². The number of aliphatic hydroxyl groups is 1. The number of carbonyl (C=O) groups excluding carboxylic acids is 1. The molecule has 2 aromatic rings. The molecule has 0 aliphatic heterocycles. The number of ether oxygens (including phenoxy) is 1. The van der Waals surface area contributed by atoms with Gasteiger partial charge < -0.3 is 15.2 Å². The molecule has 4 saturated carbocycles. The first-order valence-electron chi connectivity index (χ1n) is 13.2. The number of anilines is 1. The zero-order chi connectivity index (χ0) is 26.2. The van der Waals surface area contributed by atoms with E-state index in [0.29, 0.717) is 11.8 Å². The Labute approximate surface area is 220 Å². The largest absolute Gasteiger partial charge is 0.490 e. The van der Waals surface area contributed by atoms with Crippen molar-refractivity contribution in [2.45, 2.75) is 70.1 Å². The monoisotopic (exact) mass is 535 g/mol. The van der Waals surface area contributed by atoms with Crippen LogP contribution in [0.15, 0.2) is 42.5 Å². The van der Waals surface area contributed by atoms with Crippen LogP contribution in [0.2, 0.25) is 5.02 Å². The van der Waals surface area contributed by atoms with Gasteiger partial charge >= 0.3 is 6.18 Å². The summed E-state index contributed by atoms with van der Waals surface area (Å²) in [5, 5.41) is 13.4. The van der Waals surface area contributed by atoms with Gasteiger partial charge in [-0.05, 0) is 111 Å². The van der Waals surface area contributed by atoms with Crippen molar-refractivity contribution in [3.05, 3.63) is 58.6 Å². The highest BCUT2D eigenvalue weighted by atomic mass is 35.5. The van der Waals surface area contributed by atoms with E-state index >= 15 is 0 Å². The number of aliphatic hydroxyl groups excluding tert-OH is 1. The number of rotatable bonds is 9. The Morgan fingerprint density at radius 1 is 1.08 bits per heavy atom. The molecule has 0 heterocycles. The molecule has 4 fully saturated rings. The molecule has 200 valence electrons. The van der Waals surface area contributed by atoms with Crippen LogP contribution in [-0.4, -0.2) is 23.7 Å². The fraction of sp³-hybridized carbons (Fsp3) is 0.552. The molecule has 4 nitrogen and oxygen atoms in total. The summed E-state index contributed by atoms with van der Waals surface area (Å²) in [6.45, 7) is 0.0202. The lowest BCUT2D eigenvalue weighted by molar-refractivity contribution is -0.137. The smallest absolute Gasteiger partial charge is 0.416 e. The van der Waals surface area contributed by atoms with Gasteiger partial charge in [-0.25, -0.2) is 0 Å². The second kappa shape index (κ2) is 10.5. The minimum atomic E-state index is -4.52. The summed E-state index contributed by atoms with van der Waals surface area (Å²) in [7, 11) is 0. The van der Waals surface area contributed by atoms with Crippen molar-refractivity contribution >= 4 is 23.2 Å². The molecule has 1 atom stereocenters. The number of nitrogens with one attached hydrogen (secondary N) is 1. The van der Waals surface area contributed by atoms with Gasteiger partial charge in [-0.15, -0.1) is 0 Å². The van der Waals surface area contributed by atoms with E-state index in [4.69, 9.17) is 16.3 Å². The topological polar surface area (TPSA) is 58.6 Å². The zero-order valence-electron chi connectivity index (χ0n) is 20.7. The normalized spacial score (nSPS) is 27.2. The van der Waals surface area contributed by atoms with E-state index in [9.17, 15) is 23.1 Å². The quantitative estimate of drug-likeness (QED) is 0.345. The second-order valence-electron chi connectivity index (χ2n) is 11.4. The molecule has 4 bridgehead atoms. The van der Waals surface area contributed by atoms with E-state index in [0.717, 1.165) is 42.7 Å². The number of halogens is 4. The van der Waals surface area contributed by atoms with E-state index in [1.165, 1.54) is 62.8 Å². The number of amides is 1. The molecule has 0 spiro atoms. The van der Waals surface area contributed by atoms with Gasteiger partial charge in [0.25, 0.3) is 5.91 Å². The van der Waals surface area contributed by atoms with E-state index in [1.54, 1.807) is 6.07 Å². The van der Waals surface area contributed by atoms with E-state index in [-0.39, 0.29) is 28.6 Å². The predicted molar refractivity (Wildman–Crippen MR) is 137 cm³/mol. The van der Waals surface area contributed by atoms with Crippen molar-refractivity contribution in [3.8, 4) is 5.75 Å². The molecule has 2 aromatic carbocycles. The van der Waals surface area contributed by atoms with Gasteiger partial charge in [0.15, 0.2) is 0 Å². The summed E-state index contributed by atoms with van der Waals surface area (Å²) >= 11 is 6.08. The molecule has 4 aliphatic rings. The molecule has 4 aliphatic carbocycles. The van der Waals surface area contributed by atoms with E-state index < -0.39 is 23.8 Å². The van der Waals surface area contributed by atoms with Crippen molar-refractivity contribution in [3.63, 3.8) is 0 Å². The number of carbonyl (C=O) groups is 1. The molecule has 0 saturated heterocycles. The van der Waals surface area contributed by atoms with Crippen LogP contribution in [0.5, 0.6) is 5.75 Å². The summed E-state index contributed by atoms with van der Waals surface area (Å²) in [5.74, 6) is 2.29. The molecular formula is C29H33ClF3NO3. The van der Waals surface area contributed by atoms with Crippen LogP contribution in [0.4, 0.5) is 18.9 Å². The summed E-state index contributed by atoms with van der Waals surface area (Å²) in [5.41, 5.74) is -0.286. The first-order chi connectivity index (χ1) is 17.6. The molecule has 0 aromatic heterocycles. The van der Waals surface area contributed by atoms with Crippen LogP contribution in [0, 0.1) is 23.2 Å². The van der Waals surface area contributed by atoms with Gasteiger partial charge in [-0.2, -0.15) is 13.2 Å². The molecule has 1 amide bonds. The number of hydrogen-bond acceptors (Lipinski definition) is 3. The van der Waals surface area contributed by atoms with Gasteiger partial charge in [0.2, 0.25) is 0 Å². The van der Waals surface area contributed by atoms with Gasteiger partial charge in [-0.1, -0.05) is 24.1 Å². The van der Waals surface area contributed by atoms with Crippen LogP contribution in [0.3, 0.4) is 0 Å². The van der Waals surface area contributed by atoms with Gasteiger partial charge in [-0.3, -0.25) is 4.79 Å². The molecular weight excluding hydrogens is 503 g/mol. The van der Waals surface area contributed by atoms with Gasteiger partial charge in [0.1, 0.15) is 12.4 Å². The minimum Gasteiger partial charge on any atom is -0.490 e. The second-order valence-corrected chi connectivity index (χ2v) is 11.9. The maximum absolute atomic E-state index is 13.0. The lowest BCUT2D eigenvalue weighted by Crippen LogP contribution is -2.46. The van der Waals surface area contributed by atoms with Crippen molar-refractivity contribution in [1.82, 2.24) is 0 Å². The molecule has 6 rings (SSSR count). The van der Waals surface area contributed by atoms with Crippen LogP contribution < -0.4 is 10.1 Å². The minimum absolute atomic E-state index is 0.00969. The van der Waals surface area contributed by atoms with Crippen molar-refractivity contribution in [2.24, 2.45) is 23.2 Å². The number of benzene rings is 2. The highest BCUT2D eigenvalue weighted by Gasteiger charge is 2.50. The third-order valence-electron chi connectivity index (χ3n) is 8.47. The molecule has 2 N–H and O–H groups in total. The first kappa shape index (κ1) is 26.4. The predicted octanol–water partition coefficient (Wildman–Crippen LogP) is 7.74.